The Labute approximate surface area is 113 Å². The summed E-state index contributed by atoms with van der Waals surface area (Å²) in [4.78, 5) is 14.4. The van der Waals surface area contributed by atoms with Gasteiger partial charge in [0.25, 0.3) is 0 Å². The molecular weight excluding hydrogens is 266 g/mol. The highest BCUT2D eigenvalue weighted by molar-refractivity contribution is 7.07. The maximum atomic E-state index is 10.9. The third-order valence-electron chi connectivity index (χ3n) is 2.59. The summed E-state index contributed by atoms with van der Waals surface area (Å²) in [5.41, 5.74) is 1.42. The minimum Gasteiger partial charge on any atom is -0.387 e. The summed E-state index contributed by atoms with van der Waals surface area (Å²) < 4.78 is 0. The highest BCUT2D eigenvalue weighted by Gasteiger charge is 2.16. The predicted molar refractivity (Wildman–Crippen MR) is 73.4 cm³/mol. The molecule has 0 saturated carbocycles. The molecule has 1 unspecified atom stereocenters. The van der Waals surface area contributed by atoms with Crippen molar-refractivity contribution in [2.24, 2.45) is 0 Å². The second-order valence-electron chi connectivity index (χ2n) is 4.09. The number of hydrogen-bond donors (Lipinski definition) is 2. The van der Waals surface area contributed by atoms with E-state index in [9.17, 15) is 15.2 Å². The van der Waals surface area contributed by atoms with Gasteiger partial charge in [-0.3, -0.25) is 10.1 Å². The van der Waals surface area contributed by atoms with E-state index in [4.69, 9.17) is 0 Å². The van der Waals surface area contributed by atoms with Crippen LogP contribution < -0.4 is 5.32 Å². The minimum absolute atomic E-state index is 0.0856. The minimum atomic E-state index is -0.714. The second kappa shape index (κ2) is 5.77. The van der Waals surface area contributed by atoms with Crippen LogP contribution >= 0.6 is 11.3 Å². The number of aryl methyl sites for hydroxylation is 1. The number of thiophene rings is 1. The molecule has 0 spiro atoms. The molecule has 2 rings (SSSR count). The van der Waals surface area contributed by atoms with Crippen LogP contribution in [0.4, 0.5) is 11.5 Å². The number of aromatic nitrogens is 1. The van der Waals surface area contributed by atoms with E-state index in [0.717, 1.165) is 11.1 Å². The molecule has 0 fully saturated rings. The molecule has 0 radical (unpaired) electrons. The van der Waals surface area contributed by atoms with E-state index in [0.29, 0.717) is 0 Å². The van der Waals surface area contributed by atoms with Gasteiger partial charge >= 0.3 is 5.69 Å². The van der Waals surface area contributed by atoms with Gasteiger partial charge in [-0.2, -0.15) is 11.3 Å². The van der Waals surface area contributed by atoms with Crippen molar-refractivity contribution >= 4 is 22.8 Å². The van der Waals surface area contributed by atoms with Crippen molar-refractivity contribution in [1.29, 1.82) is 0 Å². The smallest absolute Gasteiger partial charge is 0.311 e. The fourth-order valence-corrected chi connectivity index (χ4v) is 2.31. The van der Waals surface area contributed by atoms with Gasteiger partial charge in [0.05, 0.1) is 11.0 Å². The van der Waals surface area contributed by atoms with Crippen LogP contribution in [0.5, 0.6) is 0 Å². The molecule has 2 N–H and O–H groups in total. The lowest BCUT2D eigenvalue weighted by Crippen LogP contribution is -2.13. The molecule has 19 heavy (non-hydrogen) atoms. The van der Waals surface area contributed by atoms with Crippen molar-refractivity contribution in [2.45, 2.75) is 13.0 Å². The zero-order valence-electron chi connectivity index (χ0n) is 10.2. The first-order valence-electron chi connectivity index (χ1n) is 5.63. The Balaban J connectivity index is 2.09. The molecule has 100 valence electrons. The normalized spacial score (nSPS) is 12.1. The van der Waals surface area contributed by atoms with E-state index in [2.05, 4.69) is 10.3 Å². The van der Waals surface area contributed by atoms with Gasteiger partial charge in [-0.25, -0.2) is 4.98 Å². The number of nitrogens with one attached hydrogen (secondary N) is 1. The van der Waals surface area contributed by atoms with E-state index in [1.165, 1.54) is 17.4 Å². The van der Waals surface area contributed by atoms with Crippen molar-refractivity contribution in [2.75, 3.05) is 11.9 Å². The van der Waals surface area contributed by atoms with Gasteiger partial charge in [0.2, 0.25) is 5.82 Å². The molecule has 0 saturated heterocycles. The molecule has 0 aliphatic heterocycles. The van der Waals surface area contributed by atoms with Crippen molar-refractivity contribution in [3.63, 3.8) is 0 Å². The molecule has 1 atom stereocenters. The molecule has 0 amide bonds. The first-order chi connectivity index (χ1) is 9.08. The largest absolute Gasteiger partial charge is 0.387 e. The second-order valence-corrected chi connectivity index (χ2v) is 4.87. The number of rotatable bonds is 5. The first kappa shape index (κ1) is 13.4. The molecular formula is C12H13N3O3S. The fourth-order valence-electron chi connectivity index (χ4n) is 1.60. The Kier molecular flexibility index (Phi) is 4.08. The van der Waals surface area contributed by atoms with Crippen LogP contribution in [0, 0.1) is 17.0 Å². The van der Waals surface area contributed by atoms with Crippen LogP contribution in [0.25, 0.3) is 0 Å². The quantitative estimate of drug-likeness (QED) is 0.648. The maximum Gasteiger partial charge on any atom is 0.311 e. The Bertz CT molecular complexity index is 572. The summed E-state index contributed by atoms with van der Waals surface area (Å²) in [7, 11) is 0. The molecule has 0 aromatic carbocycles. The van der Waals surface area contributed by atoms with E-state index >= 15 is 0 Å². The van der Waals surface area contributed by atoms with E-state index in [1.54, 1.807) is 13.1 Å². The zero-order chi connectivity index (χ0) is 13.8. The lowest BCUT2D eigenvalue weighted by atomic mass is 10.2. The van der Waals surface area contributed by atoms with Gasteiger partial charge < -0.3 is 10.4 Å². The molecule has 0 bridgehead atoms. The van der Waals surface area contributed by atoms with Gasteiger partial charge in [0, 0.05) is 18.8 Å². The highest BCUT2D eigenvalue weighted by Crippen LogP contribution is 2.24. The number of anilines is 1. The maximum absolute atomic E-state index is 10.9. The topological polar surface area (TPSA) is 88.3 Å². The van der Waals surface area contributed by atoms with Gasteiger partial charge in [-0.05, 0) is 34.9 Å². The molecule has 0 aliphatic carbocycles. The van der Waals surface area contributed by atoms with Gasteiger partial charge in [0.1, 0.15) is 0 Å². The molecule has 0 aliphatic rings. The van der Waals surface area contributed by atoms with Crippen LogP contribution in [0.3, 0.4) is 0 Å². The summed E-state index contributed by atoms with van der Waals surface area (Å²) in [5, 5.41) is 27.3. The summed E-state index contributed by atoms with van der Waals surface area (Å²) in [6, 6.07) is 3.26. The monoisotopic (exact) mass is 279 g/mol. The SMILES string of the molecule is Cc1cnc(NCC(O)c2ccsc2)c([N+](=O)[O-])c1. The molecule has 2 aromatic heterocycles. The molecule has 6 nitrogen and oxygen atoms in total. The fraction of sp³-hybridized carbons (Fsp3) is 0.250. The summed E-state index contributed by atoms with van der Waals surface area (Å²) in [6.45, 7) is 1.91. The van der Waals surface area contributed by atoms with Crippen molar-refractivity contribution in [3.05, 3.63) is 50.3 Å². The standard InChI is InChI=1S/C12H13N3O3S/c1-8-4-10(15(17)18)12(13-5-8)14-6-11(16)9-2-3-19-7-9/h2-5,7,11,16H,6H2,1H3,(H,13,14). The molecule has 2 heterocycles. The molecule has 7 heteroatoms. The Morgan fingerprint density at radius 3 is 3.05 bits per heavy atom. The third kappa shape index (κ3) is 3.27. The van der Waals surface area contributed by atoms with Crippen LogP contribution in [0.1, 0.15) is 17.2 Å². The highest BCUT2D eigenvalue weighted by atomic mass is 32.1. The number of aliphatic hydroxyl groups is 1. The number of hydrogen-bond acceptors (Lipinski definition) is 6. The third-order valence-corrected chi connectivity index (χ3v) is 3.29. The van der Waals surface area contributed by atoms with E-state index < -0.39 is 11.0 Å². The average Bonchev–Trinajstić information content (AvgIpc) is 2.90. The Morgan fingerprint density at radius 2 is 2.42 bits per heavy atom. The van der Waals surface area contributed by atoms with Crippen LogP contribution in [-0.2, 0) is 0 Å². The summed E-state index contributed by atoms with van der Waals surface area (Å²) >= 11 is 1.49. The van der Waals surface area contributed by atoms with Crippen molar-refractivity contribution in [1.82, 2.24) is 4.98 Å². The van der Waals surface area contributed by atoms with E-state index in [-0.39, 0.29) is 18.1 Å². The Hall–Kier alpha value is -1.99. The lowest BCUT2D eigenvalue weighted by molar-refractivity contribution is -0.384. The van der Waals surface area contributed by atoms with Gasteiger partial charge in [-0.1, -0.05) is 0 Å². The zero-order valence-corrected chi connectivity index (χ0v) is 11.1. The summed E-state index contributed by atoms with van der Waals surface area (Å²) in [5.74, 6) is 0.171. The van der Waals surface area contributed by atoms with Gasteiger partial charge in [-0.15, -0.1) is 0 Å². The van der Waals surface area contributed by atoms with Crippen LogP contribution in [0.2, 0.25) is 0 Å². The number of aliphatic hydroxyl groups excluding tert-OH is 1. The van der Waals surface area contributed by atoms with Crippen molar-refractivity contribution in [3.8, 4) is 0 Å². The van der Waals surface area contributed by atoms with Gasteiger partial charge in [0.15, 0.2) is 0 Å². The first-order valence-corrected chi connectivity index (χ1v) is 6.57. The number of pyridine rings is 1. The average molecular weight is 279 g/mol. The number of nitro groups is 1. The number of nitrogens with zero attached hydrogens (tertiary/aromatic N) is 2. The lowest BCUT2D eigenvalue weighted by Gasteiger charge is -2.11. The Morgan fingerprint density at radius 1 is 1.63 bits per heavy atom. The van der Waals surface area contributed by atoms with Crippen molar-refractivity contribution < 1.29 is 10.0 Å². The summed E-state index contributed by atoms with van der Waals surface area (Å²) in [6.07, 6.45) is 0.834. The predicted octanol–water partition coefficient (Wildman–Crippen LogP) is 2.51. The molecule has 2 aromatic rings. The van der Waals surface area contributed by atoms with Crippen LogP contribution in [0.15, 0.2) is 29.1 Å². The van der Waals surface area contributed by atoms with Crippen LogP contribution in [-0.4, -0.2) is 21.6 Å². The van der Waals surface area contributed by atoms with E-state index in [1.807, 2.05) is 16.8 Å².